The molecular weight excluding hydrogens is 270 g/mol. The summed E-state index contributed by atoms with van der Waals surface area (Å²) >= 11 is 0. The van der Waals surface area contributed by atoms with Crippen LogP contribution in [0.15, 0.2) is 41.0 Å². The minimum Gasteiger partial charge on any atom is -0.468 e. The van der Waals surface area contributed by atoms with Crippen molar-refractivity contribution in [3.05, 3.63) is 58.0 Å². The van der Waals surface area contributed by atoms with Crippen molar-refractivity contribution >= 4 is 11.4 Å². The van der Waals surface area contributed by atoms with Crippen LogP contribution in [-0.2, 0) is 13.1 Å². The van der Waals surface area contributed by atoms with E-state index in [2.05, 4.69) is 4.90 Å². The zero-order valence-electron chi connectivity index (χ0n) is 11.6. The molecule has 1 heterocycles. The number of furan rings is 1. The van der Waals surface area contributed by atoms with Crippen molar-refractivity contribution in [1.82, 2.24) is 4.90 Å². The van der Waals surface area contributed by atoms with Crippen LogP contribution in [0.5, 0.6) is 0 Å². The zero-order chi connectivity index (χ0) is 14.8. The Morgan fingerprint density at radius 2 is 2.10 bits per heavy atom. The van der Waals surface area contributed by atoms with E-state index in [1.165, 1.54) is 6.07 Å². The summed E-state index contributed by atoms with van der Waals surface area (Å²) in [4.78, 5) is 12.8. The van der Waals surface area contributed by atoms with Crippen molar-refractivity contribution < 1.29 is 9.34 Å². The first kappa shape index (κ1) is 13.6. The largest absolute Gasteiger partial charge is 0.468 e. The number of nitro benzene ring substituents is 1. The van der Waals surface area contributed by atoms with E-state index in [1.807, 2.05) is 18.2 Å². The number of rotatable bonds is 6. The van der Waals surface area contributed by atoms with Gasteiger partial charge >= 0.3 is 0 Å². The van der Waals surface area contributed by atoms with E-state index >= 15 is 0 Å². The van der Waals surface area contributed by atoms with Crippen molar-refractivity contribution in [2.24, 2.45) is 0 Å². The normalized spacial score (nSPS) is 14.5. The van der Waals surface area contributed by atoms with Crippen molar-refractivity contribution in [3.8, 4) is 0 Å². The third kappa shape index (κ3) is 3.05. The molecule has 0 aliphatic heterocycles. The summed E-state index contributed by atoms with van der Waals surface area (Å²) < 4.78 is 5.39. The summed E-state index contributed by atoms with van der Waals surface area (Å²) in [6.07, 6.45) is 3.95. The summed E-state index contributed by atoms with van der Waals surface area (Å²) in [6.45, 7) is 1.29. The monoisotopic (exact) mass is 287 g/mol. The maximum absolute atomic E-state index is 11.0. The Hall–Kier alpha value is -2.34. The van der Waals surface area contributed by atoms with Gasteiger partial charge in [0.2, 0.25) is 0 Å². The van der Waals surface area contributed by atoms with E-state index in [1.54, 1.807) is 12.3 Å². The number of hydrogen-bond acceptors (Lipinski definition) is 5. The van der Waals surface area contributed by atoms with Gasteiger partial charge in [-0.1, -0.05) is 12.1 Å². The fraction of sp³-hybridized carbons (Fsp3) is 0.333. The minimum absolute atomic E-state index is 0.0266. The van der Waals surface area contributed by atoms with Crippen LogP contribution in [0.1, 0.15) is 24.2 Å². The molecule has 0 amide bonds. The van der Waals surface area contributed by atoms with Crippen LogP contribution >= 0.6 is 0 Å². The Labute approximate surface area is 122 Å². The highest BCUT2D eigenvalue weighted by Gasteiger charge is 2.30. The van der Waals surface area contributed by atoms with Gasteiger partial charge in [0.1, 0.15) is 11.4 Å². The van der Waals surface area contributed by atoms with Crippen LogP contribution < -0.4 is 5.73 Å². The van der Waals surface area contributed by atoms with Crippen molar-refractivity contribution in [3.63, 3.8) is 0 Å². The average Bonchev–Trinajstić information content (AvgIpc) is 3.18. The van der Waals surface area contributed by atoms with E-state index in [4.69, 9.17) is 10.2 Å². The molecular formula is C15H17N3O3. The lowest BCUT2D eigenvalue weighted by molar-refractivity contribution is -0.384. The van der Waals surface area contributed by atoms with Crippen LogP contribution in [0.3, 0.4) is 0 Å². The molecule has 1 aliphatic rings. The smallest absolute Gasteiger partial charge is 0.292 e. The highest BCUT2D eigenvalue weighted by Crippen LogP contribution is 2.32. The molecule has 0 unspecified atom stereocenters. The Morgan fingerprint density at radius 1 is 1.29 bits per heavy atom. The molecule has 0 saturated heterocycles. The molecule has 3 rings (SSSR count). The fourth-order valence-corrected chi connectivity index (χ4v) is 2.47. The van der Waals surface area contributed by atoms with E-state index in [0.717, 1.165) is 24.2 Å². The molecule has 1 aromatic carbocycles. The lowest BCUT2D eigenvalue weighted by Gasteiger charge is -2.21. The fourth-order valence-electron chi connectivity index (χ4n) is 2.47. The molecule has 1 fully saturated rings. The van der Waals surface area contributed by atoms with Crippen molar-refractivity contribution in [2.75, 3.05) is 5.73 Å². The molecule has 0 radical (unpaired) electrons. The highest BCUT2D eigenvalue weighted by atomic mass is 16.6. The lowest BCUT2D eigenvalue weighted by atomic mass is 10.1. The first-order chi connectivity index (χ1) is 10.1. The average molecular weight is 287 g/mol. The zero-order valence-corrected chi connectivity index (χ0v) is 11.6. The standard InChI is InChI=1S/C15H17N3O3/c16-15-11(3-1-5-14(15)18(19)20)9-17(12-6-7-12)10-13-4-2-8-21-13/h1-5,8,12H,6-7,9-10,16H2. The van der Waals surface area contributed by atoms with Gasteiger partial charge in [-0.3, -0.25) is 15.0 Å². The molecule has 1 saturated carbocycles. The number of hydrogen-bond donors (Lipinski definition) is 1. The number of para-hydroxylation sites is 1. The van der Waals surface area contributed by atoms with E-state index in [9.17, 15) is 10.1 Å². The van der Waals surface area contributed by atoms with Crippen LogP contribution in [0.2, 0.25) is 0 Å². The number of nitro groups is 1. The maximum Gasteiger partial charge on any atom is 0.292 e. The van der Waals surface area contributed by atoms with Crippen LogP contribution in [-0.4, -0.2) is 15.9 Å². The molecule has 1 aromatic heterocycles. The van der Waals surface area contributed by atoms with Gasteiger partial charge in [0, 0.05) is 18.7 Å². The molecule has 1 aliphatic carbocycles. The van der Waals surface area contributed by atoms with Gasteiger partial charge < -0.3 is 10.2 Å². The predicted molar refractivity (Wildman–Crippen MR) is 78.5 cm³/mol. The van der Waals surface area contributed by atoms with E-state index < -0.39 is 4.92 Å². The molecule has 6 nitrogen and oxygen atoms in total. The molecule has 0 bridgehead atoms. The van der Waals surface area contributed by atoms with Crippen molar-refractivity contribution in [2.45, 2.75) is 32.0 Å². The SMILES string of the molecule is Nc1c(CN(Cc2ccco2)C2CC2)cccc1[N+](=O)[O-]. The first-order valence-corrected chi connectivity index (χ1v) is 6.93. The van der Waals surface area contributed by atoms with Crippen LogP contribution in [0, 0.1) is 10.1 Å². The number of nitrogens with zero attached hydrogens (tertiary/aromatic N) is 2. The summed E-state index contributed by atoms with van der Waals surface area (Å²) in [5.41, 5.74) is 6.96. The number of anilines is 1. The molecule has 0 atom stereocenters. The second-order valence-corrected chi connectivity index (χ2v) is 5.32. The molecule has 0 spiro atoms. The Morgan fingerprint density at radius 3 is 2.71 bits per heavy atom. The second kappa shape index (κ2) is 5.57. The predicted octanol–water partition coefficient (Wildman–Crippen LogP) is 2.93. The summed E-state index contributed by atoms with van der Waals surface area (Å²) in [6, 6.07) is 9.27. The Balaban J connectivity index is 1.80. The summed E-state index contributed by atoms with van der Waals surface area (Å²) in [5.74, 6) is 0.894. The van der Waals surface area contributed by atoms with Gasteiger partial charge in [-0.05, 0) is 30.5 Å². The van der Waals surface area contributed by atoms with Gasteiger partial charge in [-0.25, -0.2) is 0 Å². The molecule has 2 N–H and O–H groups in total. The summed E-state index contributed by atoms with van der Waals surface area (Å²) in [5, 5.41) is 11.0. The van der Waals surface area contributed by atoms with E-state index in [0.29, 0.717) is 19.1 Å². The molecule has 6 heteroatoms. The number of benzene rings is 1. The Bertz CT molecular complexity index is 636. The molecule has 21 heavy (non-hydrogen) atoms. The van der Waals surface area contributed by atoms with Gasteiger partial charge in [0.15, 0.2) is 0 Å². The second-order valence-electron chi connectivity index (χ2n) is 5.32. The van der Waals surface area contributed by atoms with Crippen LogP contribution in [0.4, 0.5) is 11.4 Å². The van der Waals surface area contributed by atoms with Gasteiger partial charge in [-0.2, -0.15) is 0 Å². The van der Waals surface area contributed by atoms with Gasteiger partial charge in [-0.15, -0.1) is 0 Å². The first-order valence-electron chi connectivity index (χ1n) is 6.93. The maximum atomic E-state index is 11.0. The lowest BCUT2D eigenvalue weighted by Crippen LogP contribution is -2.25. The summed E-state index contributed by atoms with van der Waals surface area (Å²) in [7, 11) is 0. The van der Waals surface area contributed by atoms with E-state index in [-0.39, 0.29) is 11.4 Å². The third-order valence-corrected chi connectivity index (χ3v) is 3.75. The molecule has 2 aromatic rings. The number of nitrogens with two attached hydrogens (primary N) is 1. The van der Waals surface area contributed by atoms with Gasteiger partial charge in [0.25, 0.3) is 5.69 Å². The Kier molecular flexibility index (Phi) is 3.62. The van der Waals surface area contributed by atoms with Gasteiger partial charge in [0.05, 0.1) is 17.7 Å². The quantitative estimate of drug-likeness (QED) is 0.501. The number of nitrogen functional groups attached to an aromatic ring is 1. The topological polar surface area (TPSA) is 85.5 Å². The highest BCUT2D eigenvalue weighted by molar-refractivity contribution is 5.62. The minimum atomic E-state index is -0.438. The van der Waals surface area contributed by atoms with Crippen molar-refractivity contribution in [1.29, 1.82) is 0 Å². The third-order valence-electron chi connectivity index (χ3n) is 3.75. The molecule has 110 valence electrons. The van der Waals surface area contributed by atoms with Crippen LogP contribution in [0.25, 0.3) is 0 Å².